The van der Waals surface area contributed by atoms with Crippen molar-refractivity contribution in [1.29, 1.82) is 0 Å². The molecule has 3 aromatic rings. The van der Waals surface area contributed by atoms with Crippen LogP contribution in [0.1, 0.15) is 39.1 Å². The number of halogens is 1. The number of fused-ring (bicyclic) bond motifs is 3. The fourth-order valence-electron chi connectivity index (χ4n) is 3.58. The molecule has 0 amide bonds. The number of rotatable bonds is 3. The molecule has 0 saturated heterocycles. The first-order chi connectivity index (χ1) is 13.4. The third-order valence-electron chi connectivity index (χ3n) is 5.06. The van der Waals surface area contributed by atoms with Crippen LogP contribution in [0.15, 0.2) is 40.1 Å². The zero-order chi connectivity index (χ0) is 20.0. The Morgan fingerprint density at radius 3 is 2.57 bits per heavy atom. The molecule has 0 N–H and O–H groups in total. The molecule has 0 unspecified atom stereocenters. The quantitative estimate of drug-likeness (QED) is 0.643. The van der Waals surface area contributed by atoms with Crippen LogP contribution >= 0.6 is 0 Å². The van der Waals surface area contributed by atoms with E-state index < -0.39 is 29.4 Å². The van der Waals surface area contributed by atoms with Gasteiger partial charge in [-0.2, -0.15) is 0 Å². The second-order valence-electron chi connectivity index (χ2n) is 6.79. The Morgan fingerprint density at radius 1 is 1.14 bits per heavy atom. The van der Waals surface area contributed by atoms with Crippen LogP contribution in [0.3, 0.4) is 0 Å². The van der Waals surface area contributed by atoms with E-state index >= 15 is 0 Å². The van der Waals surface area contributed by atoms with Crippen molar-refractivity contribution in [2.75, 3.05) is 0 Å². The Labute approximate surface area is 158 Å². The summed E-state index contributed by atoms with van der Waals surface area (Å²) in [6.07, 6.45) is 2.94. The Bertz CT molecular complexity index is 1260. The van der Waals surface area contributed by atoms with Crippen molar-refractivity contribution in [1.82, 2.24) is 14.1 Å². The summed E-state index contributed by atoms with van der Waals surface area (Å²) in [5.74, 6) is -1.07. The number of aryl methyl sites for hydroxylation is 2. The predicted molar refractivity (Wildman–Crippen MR) is 99.2 cm³/mol. The zero-order valence-electron chi connectivity index (χ0n) is 15.1. The molecule has 7 nitrogen and oxygen atoms in total. The van der Waals surface area contributed by atoms with Crippen LogP contribution in [0, 0.1) is 5.82 Å². The molecular weight excluding hydrogens is 365 g/mol. The lowest BCUT2D eigenvalue weighted by Crippen LogP contribution is -2.41. The molecule has 0 spiro atoms. The van der Waals surface area contributed by atoms with E-state index in [0.29, 0.717) is 30.4 Å². The summed E-state index contributed by atoms with van der Waals surface area (Å²) in [5.41, 5.74) is 0.0266. The molecule has 2 heterocycles. The number of nitrogens with zero attached hydrogens (tertiary/aromatic N) is 3. The maximum Gasteiger partial charge on any atom is 0.332 e. The van der Waals surface area contributed by atoms with E-state index in [0.717, 1.165) is 16.7 Å². The van der Waals surface area contributed by atoms with Gasteiger partial charge in [0.15, 0.2) is 11.6 Å². The number of Topliss-reactive ketones (excluding diaryl/α,β-unsaturated/α-hetero) is 2. The Hall–Kier alpha value is -3.42. The molecular formula is C20H16FN3O4. The molecule has 0 fully saturated rings. The van der Waals surface area contributed by atoms with Crippen molar-refractivity contribution < 1.29 is 14.0 Å². The van der Waals surface area contributed by atoms with Crippen LogP contribution in [0.5, 0.6) is 0 Å². The van der Waals surface area contributed by atoms with Crippen molar-refractivity contribution in [2.24, 2.45) is 7.05 Å². The molecule has 2 aromatic heterocycles. The average molecular weight is 381 g/mol. The van der Waals surface area contributed by atoms with E-state index in [9.17, 15) is 23.6 Å². The summed E-state index contributed by atoms with van der Waals surface area (Å²) < 4.78 is 15.1. The van der Waals surface area contributed by atoms with E-state index in [4.69, 9.17) is 0 Å². The Morgan fingerprint density at radius 2 is 1.86 bits per heavy atom. The SMILES string of the molecule is Cn1c(=O)n(CC(=O)c2ccc(F)cc2)c(=O)c2c3c(cnc21)C(=O)CCC3. The lowest BCUT2D eigenvalue weighted by atomic mass is 9.90. The van der Waals surface area contributed by atoms with E-state index in [-0.39, 0.29) is 22.4 Å². The summed E-state index contributed by atoms with van der Waals surface area (Å²) in [5, 5.41) is 0.194. The summed E-state index contributed by atoms with van der Waals surface area (Å²) in [4.78, 5) is 54.6. The van der Waals surface area contributed by atoms with E-state index in [1.807, 2.05) is 0 Å². The van der Waals surface area contributed by atoms with Gasteiger partial charge in [0.1, 0.15) is 11.5 Å². The first-order valence-electron chi connectivity index (χ1n) is 8.82. The largest absolute Gasteiger partial charge is 0.332 e. The van der Waals surface area contributed by atoms with Crippen LogP contribution in [0.25, 0.3) is 11.0 Å². The second-order valence-corrected chi connectivity index (χ2v) is 6.79. The Kier molecular flexibility index (Phi) is 4.26. The number of hydrogen-bond donors (Lipinski definition) is 0. The molecule has 4 rings (SSSR count). The van der Waals surface area contributed by atoms with E-state index in [1.165, 1.54) is 29.9 Å². The van der Waals surface area contributed by atoms with Crippen molar-refractivity contribution in [2.45, 2.75) is 25.8 Å². The summed E-state index contributed by atoms with van der Waals surface area (Å²) in [6, 6.07) is 4.88. The number of carbonyl (C=O) groups excluding carboxylic acids is 2. The molecule has 142 valence electrons. The number of aromatic nitrogens is 3. The summed E-state index contributed by atoms with van der Waals surface area (Å²) >= 11 is 0. The third kappa shape index (κ3) is 2.77. The van der Waals surface area contributed by atoms with Crippen LogP contribution in [0.4, 0.5) is 4.39 Å². The van der Waals surface area contributed by atoms with Gasteiger partial charge in [-0.3, -0.25) is 23.5 Å². The number of pyridine rings is 1. The fourth-order valence-corrected chi connectivity index (χ4v) is 3.58. The average Bonchev–Trinajstić information content (AvgIpc) is 2.69. The topological polar surface area (TPSA) is 91.0 Å². The van der Waals surface area contributed by atoms with Gasteiger partial charge >= 0.3 is 5.69 Å². The van der Waals surface area contributed by atoms with Crippen LogP contribution in [0.2, 0.25) is 0 Å². The molecule has 1 aliphatic carbocycles. The molecule has 0 bridgehead atoms. The highest BCUT2D eigenvalue weighted by Crippen LogP contribution is 2.25. The van der Waals surface area contributed by atoms with E-state index in [1.54, 1.807) is 0 Å². The fraction of sp³-hybridized carbons (Fsp3) is 0.250. The smallest absolute Gasteiger partial charge is 0.294 e. The molecule has 0 radical (unpaired) electrons. The zero-order valence-corrected chi connectivity index (χ0v) is 15.1. The van der Waals surface area contributed by atoms with Gasteiger partial charge < -0.3 is 0 Å². The van der Waals surface area contributed by atoms with Crippen molar-refractivity contribution in [3.63, 3.8) is 0 Å². The van der Waals surface area contributed by atoms with E-state index in [2.05, 4.69) is 4.98 Å². The maximum atomic E-state index is 13.1. The molecule has 0 atom stereocenters. The van der Waals surface area contributed by atoms with Gasteiger partial charge in [0, 0.05) is 30.8 Å². The number of carbonyl (C=O) groups is 2. The summed E-state index contributed by atoms with van der Waals surface area (Å²) in [7, 11) is 1.47. The van der Waals surface area contributed by atoms with Crippen molar-refractivity contribution in [3.05, 3.63) is 73.8 Å². The number of hydrogen-bond acceptors (Lipinski definition) is 5. The molecule has 0 aliphatic heterocycles. The second kappa shape index (κ2) is 6.63. The van der Waals surface area contributed by atoms with Crippen LogP contribution in [-0.4, -0.2) is 25.7 Å². The van der Waals surface area contributed by atoms with Crippen molar-refractivity contribution >= 4 is 22.6 Å². The van der Waals surface area contributed by atoms with Gasteiger partial charge in [-0.1, -0.05) is 0 Å². The Balaban J connectivity index is 1.90. The molecule has 8 heteroatoms. The number of ketones is 2. The monoisotopic (exact) mass is 381 g/mol. The van der Waals surface area contributed by atoms with Gasteiger partial charge in [0.2, 0.25) is 0 Å². The first-order valence-corrected chi connectivity index (χ1v) is 8.82. The van der Waals surface area contributed by atoms with Gasteiger partial charge in [-0.15, -0.1) is 0 Å². The lowest BCUT2D eigenvalue weighted by molar-refractivity contribution is 0.0961. The molecule has 1 aliphatic rings. The van der Waals surface area contributed by atoms with Gasteiger partial charge in [-0.05, 0) is 42.7 Å². The van der Waals surface area contributed by atoms with Gasteiger partial charge in [0.05, 0.1) is 11.9 Å². The highest BCUT2D eigenvalue weighted by Gasteiger charge is 2.24. The summed E-state index contributed by atoms with van der Waals surface area (Å²) in [6.45, 7) is -0.481. The molecule has 28 heavy (non-hydrogen) atoms. The standard InChI is InChI=1S/C20H16FN3O4/c1-23-18-17(13-3-2-4-15(25)14(13)9-22-18)19(27)24(20(23)28)10-16(26)11-5-7-12(21)8-6-11/h5-9H,2-4,10H2,1H3. The minimum absolute atomic E-state index is 0.0853. The minimum Gasteiger partial charge on any atom is -0.294 e. The van der Waals surface area contributed by atoms with Gasteiger partial charge in [0.25, 0.3) is 5.56 Å². The van der Waals surface area contributed by atoms with Crippen LogP contribution < -0.4 is 11.2 Å². The highest BCUT2D eigenvalue weighted by molar-refractivity contribution is 6.02. The molecule has 0 saturated carbocycles. The highest BCUT2D eigenvalue weighted by atomic mass is 19.1. The third-order valence-corrected chi connectivity index (χ3v) is 5.06. The number of benzene rings is 1. The minimum atomic E-state index is -0.678. The lowest BCUT2D eigenvalue weighted by Gasteiger charge is -2.18. The van der Waals surface area contributed by atoms with Crippen molar-refractivity contribution in [3.8, 4) is 0 Å². The first kappa shape index (κ1) is 18.0. The molecule has 1 aromatic carbocycles. The normalized spacial score (nSPS) is 13.6. The van der Waals surface area contributed by atoms with Crippen LogP contribution in [-0.2, 0) is 20.0 Å². The predicted octanol–water partition coefficient (Wildman–Crippen LogP) is 1.64. The van der Waals surface area contributed by atoms with Gasteiger partial charge in [-0.25, -0.2) is 14.2 Å². The maximum absolute atomic E-state index is 13.1.